The van der Waals surface area contributed by atoms with Gasteiger partial charge >= 0.3 is 0 Å². The highest BCUT2D eigenvalue weighted by Gasteiger charge is 2.24. The molecule has 4 rings (SSSR count). The molecule has 0 saturated carbocycles. The second-order valence-electron chi connectivity index (χ2n) is 6.69. The van der Waals surface area contributed by atoms with Gasteiger partial charge in [0.25, 0.3) is 5.22 Å². The Morgan fingerprint density at radius 1 is 1.10 bits per heavy atom. The van der Waals surface area contributed by atoms with Crippen LogP contribution in [0.3, 0.4) is 0 Å². The molecular weight excluding hydrogens is 384 g/mol. The SMILES string of the molecule is Cc1cc(C(=O)[C@@H](C)Sc2nnc(-c3cccnc3)o2)c(C)n1-c1ccccc1. The van der Waals surface area contributed by atoms with Crippen LogP contribution >= 0.6 is 11.8 Å². The molecule has 0 bridgehead atoms. The van der Waals surface area contributed by atoms with Crippen molar-refractivity contribution >= 4 is 17.5 Å². The summed E-state index contributed by atoms with van der Waals surface area (Å²) >= 11 is 1.26. The lowest BCUT2D eigenvalue weighted by molar-refractivity contribution is 0.0993. The standard InChI is InChI=1S/C22H20N4O2S/c1-14-12-19(15(2)26(14)18-9-5-4-6-10-18)20(27)16(3)29-22-25-24-21(28-22)17-8-7-11-23-13-17/h4-13,16H,1-3H3/t16-/m1/s1. The summed E-state index contributed by atoms with van der Waals surface area (Å²) in [5, 5.41) is 8.12. The number of benzene rings is 1. The van der Waals surface area contributed by atoms with Gasteiger partial charge in [-0.25, -0.2) is 0 Å². The fourth-order valence-corrected chi connectivity index (χ4v) is 4.03. The van der Waals surface area contributed by atoms with Crippen LogP contribution < -0.4 is 0 Å². The first kappa shape index (κ1) is 19.1. The molecule has 29 heavy (non-hydrogen) atoms. The van der Waals surface area contributed by atoms with Crippen LogP contribution in [0.2, 0.25) is 0 Å². The molecule has 0 fully saturated rings. The van der Waals surface area contributed by atoms with Crippen LogP contribution in [-0.4, -0.2) is 30.8 Å². The minimum Gasteiger partial charge on any atom is -0.411 e. The number of nitrogens with zero attached hydrogens (tertiary/aromatic N) is 4. The van der Waals surface area contributed by atoms with Crippen LogP contribution in [0.5, 0.6) is 0 Å². The molecule has 0 N–H and O–H groups in total. The quantitative estimate of drug-likeness (QED) is 0.336. The smallest absolute Gasteiger partial charge is 0.277 e. The maximum absolute atomic E-state index is 13.1. The molecule has 6 nitrogen and oxygen atoms in total. The molecular formula is C22H20N4O2S. The minimum atomic E-state index is -0.359. The molecule has 7 heteroatoms. The molecule has 3 heterocycles. The van der Waals surface area contributed by atoms with Gasteiger partial charge in [-0.15, -0.1) is 10.2 Å². The Bertz CT molecular complexity index is 1140. The second kappa shape index (κ2) is 8.05. The number of rotatable bonds is 6. The van der Waals surface area contributed by atoms with Crippen molar-refractivity contribution in [3.05, 3.63) is 77.9 Å². The molecule has 0 aliphatic rings. The van der Waals surface area contributed by atoms with Gasteiger partial charge in [-0.3, -0.25) is 9.78 Å². The van der Waals surface area contributed by atoms with Crippen molar-refractivity contribution < 1.29 is 9.21 Å². The zero-order valence-corrected chi connectivity index (χ0v) is 17.2. The Balaban J connectivity index is 1.54. The van der Waals surface area contributed by atoms with E-state index >= 15 is 0 Å². The second-order valence-corrected chi connectivity index (χ2v) is 7.99. The third-order valence-corrected chi connectivity index (χ3v) is 5.61. The summed E-state index contributed by atoms with van der Waals surface area (Å²) < 4.78 is 7.79. The van der Waals surface area contributed by atoms with Gasteiger partial charge < -0.3 is 8.98 Å². The van der Waals surface area contributed by atoms with E-state index in [1.807, 2.05) is 63.2 Å². The molecule has 0 radical (unpaired) electrons. The molecule has 0 aliphatic heterocycles. The van der Waals surface area contributed by atoms with Crippen molar-refractivity contribution in [1.29, 1.82) is 0 Å². The van der Waals surface area contributed by atoms with Gasteiger partial charge in [-0.1, -0.05) is 30.0 Å². The topological polar surface area (TPSA) is 73.8 Å². The molecule has 0 unspecified atom stereocenters. The van der Waals surface area contributed by atoms with Crippen LogP contribution in [0.15, 0.2) is 70.6 Å². The summed E-state index contributed by atoms with van der Waals surface area (Å²) in [6.45, 7) is 5.83. The zero-order valence-electron chi connectivity index (χ0n) is 16.4. The summed E-state index contributed by atoms with van der Waals surface area (Å²) in [7, 11) is 0. The highest BCUT2D eigenvalue weighted by Crippen LogP contribution is 2.29. The Morgan fingerprint density at radius 2 is 1.90 bits per heavy atom. The fraction of sp³-hybridized carbons (Fsp3) is 0.182. The molecule has 0 spiro atoms. The number of hydrogen-bond acceptors (Lipinski definition) is 6. The molecule has 0 saturated heterocycles. The van der Waals surface area contributed by atoms with Crippen molar-refractivity contribution in [1.82, 2.24) is 19.7 Å². The molecule has 3 aromatic heterocycles. The first-order chi connectivity index (χ1) is 14.0. The number of carbonyl (C=O) groups is 1. The van der Waals surface area contributed by atoms with E-state index in [0.29, 0.717) is 16.7 Å². The number of aromatic nitrogens is 4. The number of carbonyl (C=O) groups excluding carboxylic acids is 1. The van der Waals surface area contributed by atoms with Crippen LogP contribution in [-0.2, 0) is 0 Å². The molecule has 146 valence electrons. The molecule has 0 amide bonds. The van der Waals surface area contributed by atoms with Gasteiger partial charge in [0.2, 0.25) is 5.89 Å². The summed E-state index contributed by atoms with van der Waals surface area (Å²) in [4.78, 5) is 17.2. The van der Waals surface area contributed by atoms with E-state index in [1.54, 1.807) is 18.5 Å². The number of ketones is 1. The first-order valence-corrected chi connectivity index (χ1v) is 10.1. The van der Waals surface area contributed by atoms with Gasteiger partial charge in [-0.05, 0) is 51.1 Å². The Hall–Kier alpha value is -3.19. The zero-order chi connectivity index (χ0) is 20.4. The number of aryl methyl sites for hydroxylation is 1. The number of pyridine rings is 1. The average molecular weight is 404 g/mol. The lowest BCUT2D eigenvalue weighted by atomic mass is 10.1. The maximum Gasteiger partial charge on any atom is 0.277 e. The van der Waals surface area contributed by atoms with Crippen molar-refractivity contribution in [3.8, 4) is 17.1 Å². The van der Waals surface area contributed by atoms with E-state index in [4.69, 9.17) is 4.42 Å². The summed E-state index contributed by atoms with van der Waals surface area (Å²) in [5.41, 5.74) is 4.44. The van der Waals surface area contributed by atoms with Gasteiger partial charge in [-0.2, -0.15) is 0 Å². The van der Waals surface area contributed by atoms with E-state index in [1.165, 1.54) is 11.8 Å². The first-order valence-electron chi connectivity index (χ1n) is 9.23. The molecule has 1 aromatic carbocycles. The number of thioether (sulfide) groups is 1. The summed E-state index contributed by atoms with van der Waals surface area (Å²) in [5.74, 6) is 0.425. The van der Waals surface area contributed by atoms with E-state index < -0.39 is 0 Å². The van der Waals surface area contributed by atoms with Crippen LogP contribution in [0, 0.1) is 13.8 Å². The number of hydrogen-bond donors (Lipinski definition) is 0. The summed E-state index contributed by atoms with van der Waals surface area (Å²) in [6, 6.07) is 15.6. The highest BCUT2D eigenvalue weighted by atomic mass is 32.2. The Morgan fingerprint density at radius 3 is 2.62 bits per heavy atom. The van der Waals surface area contributed by atoms with Crippen molar-refractivity contribution in [2.75, 3.05) is 0 Å². The number of Topliss-reactive ketones (excluding diaryl/α,β-unsaturated/α-hetero) is 1. The van der Waals surface area contributed by atoms with Crippen molar-refractivity contribution in [2.24, 2.45) is 0 Å². The maximum atomic E-state index is 13.1. The van der Waals surface area contributed by atoms with Gasteiger partial charge in [0.15, 0.2) is 5.78 Å². The van der Waals surface area contributed by atoms with Gasteiger partial charge in [0, 0.05) is 35.0 Å². The minimum absolute atomic E-state index is 0.0337. The third kappa shape index (κ3) is 3.86. The average Bonchev–Trinajstić information content (AvgIpc) is 3.32. The van der Waals surface area contributed by atoms with Gasteiger partial charge in [0.05, 0.1) is 10.8 Å². The van der Waals surface area contributed by atoms with Crippen molar-refractivity contribution in [2.45, 2.75) is 31.2 Å². The predicted octanol–water partition coefficient (Wildman–Crippen LogP) is 4.90. The monoisotopic (exact) mass is 404 g/mol. The van der Waals surface area contributed by atoms with E-state index in [-0.39, 0.29) is 11.0 Å². The summed E-state index contributed by atoms with van der Waals surface area (Å²) in [6.07, 6.45) is 3.34. The Labute approximate surface area is 173 Å². The van der Waals surface area contributed by atoms with Crippen LogP contribution in [0.4, 0.5) is 0 Å². The van der Waals surface area contributed by atoms with Gasteiger partial charge in [0.1, 0.15) is 0 Å². The lowest BCUT2D eigenvalue weighted by Crippen LogP contribution is -2.14. The predicted molar refractivity (Wildman–Crippen MR) is 112 cm³/mol. The van der Waals surface area contributed by atoms with E-state index in [9.17, 15) is 4.79 Å². The Kier molecular flexibility index (Phi) is 5.31. The largest absolute Gasteiger partial charge is 0.411 e. The van der Waals surface area contributed by atoms with E-state index in [2.05, 4.69) is 19.7 Å². The van der Waals surface area contributed by atoms with Crippen LogP contribution in [0.1, 0.15) is 28.7 Å². The number of para-hydroxylation sites is 1. The normalized spacial score (nSPS) is 12.1. The molecule has 0 aliphatic carbocycles. The molecule has 1 atom stereocenters. The van der Waals surface area contributed by atoms with Crippen LogP contribution in [0.25, 0.3) is 17.1 Å². The third-order valence-electron chi connectivity index (χ3n) is 4.67. The highest BCUT2D eigenvalue weighted by molar-refractivity contribution is 8.00. The van der Waals surface area contributed by atoms with Crippen molar-refractivity contribution in [3.63, 3.8) is 0 Å². The lowest BCUT2D eigenvalue weighted by Gasteiger charge is -2.11. The molecule has 4 aromatic rings. The van der Waals surface area contributed by atoms with E-state index in [0.717, 1.165) is 22.6 Å². The fourth-order valence-electron chi connectivity index (χ4n) is 3.27.